The maximum atomic E-state index is 12.3. The first-order valence-electron chi connectivity index (χ1n) is 7.67. The topological polar surface area (TPSA) is 64.6 Å². The third kappa shape index (κ3) is 4.59. The second-order valence-corrected chi connectivity index (χ2v) is 6.13. The summed E-state index contributed by atoms with van der Waals surface area (Å²) in [6.07, 6.45) is 0. The number of carbonyl (C=O) groups is 2. The van der Waals surface area contributed by atoms with Gasteiger partial charge in [-0.05, 0) is 48.9 Å². The lowest BCUT2D eigenvalue weighted by molar-refractivity contribution is 0.00315. The minimum Gasteiger partial charge on any atom is -0.465 e. The van der Waals surface area contributed by atoms with E-state index in [-0.39, 0.29) is 12.5 Å². The van der Waals surface area contributed by atoms with Crippen molar-refractivity contribution in [3.8, 4) is 0 Å². The van der Waals surface area contributed by atoms with Gasteiger partial charge in [0.1, 0.15) is 5.60 Å². The normalized spacial score (nSPS) is 13.0. The molecule has 5 nitrogen and oxygen atoms in total. The van der Waals surface area contributed by atoms with E-state index < -0.39 is 11.6 Å². The minimum absolute atomic E-state index is 0.262. The van der Waals surface area contributed by atoms with Gasteiger partial charge in [-0.25, -0.2) is 4.79 Å². The molecule has 0 radical (unpaired) electrons. The number of ether oxygens (including phenoxy) is 2. The lowest BCUT2D eigenvalue weighted by Gasteiger charge is -2.29. The Morgan fingerprint density at radius 2 is 1.72 bits per heavy atom. The van der Waals surface area contributed by atoms with Crippen LogP contribution in [0.15, 0.2) is 48.5 Å². The third-order valence-electron chi connectivity index (χ3n) is 4.04. The summed E-state index contributed by atoms with van der Waals surface area (Å²) < 4.78 is 10.2. The molecular formula is C19H20ClNO4. The van der Waals surface area contributed by atoms with E-state index in [1.54, 1.807) is 37.4 Å². The summed E-state index contributed by atoms with van der Waals surface area (Å²) in [5, 5.41) is 3.45. The number of amides is 1. The molecule has 2 aromatic rings. The molecule has 132 valence electrons. The van der Waals surface area contributed by atoms with Crippen LogP contribution in [0.1, 0.15) is 33.2 Å². The fourth-order valence-electron chi connectivity index (χ4n) is 2.34. The number of halogens is 1. The van der Waals surface area contributed by atoms with Crippen LogP contribution in [0.4, 0.5) is 0 Å². The first-order valence-corrected chi connectivity index (χ1v) is 8.05. The Morgan fingerprint density at radius 3 is 2.28 bits per heavy atom. The molecule has 25 heavy (non-hydrogen) atoms. The van der Waals surface area contributed by atoms with Gasteiger partial charge in [-0.15, -0.1) is 0 Å². The molecule has 0 aliphatic rings. The zero-order chi connectivity index (χ0) is 18.4. The number of hydrogen-bond donors (Lipinski definition) is 1. The number of hydrogen-bond acceptors (Lipinski definition) is 4. The van der Waals surface area contributed by atoms with Gasteiger partial charge in [0.25, 0.3) is 5.91 Å². The largest absolute Gasteiger partial charge is 0.465 e. The Labute approximate surface area is 151 Å². The van der Waals surface area contributed by atoms with Crippen molar-refractivity contribution < 1.29 is 19.1 Å². The molecule has 6 heteroatoms. The molecular weight excluding hydrogens is 342 g/mol. The van der Waals surface area contributed by atoms with Crippen molar-refractivity contribution in [1.29, 1.82) is 0 Å². The highest BCUT2D eigenvalue weighted by Crippen LogP contribution is 2.26. The molecule has 0 saturated carbocycles. The molecule has 0 spiro atoms. The Kier molecular flexibility index (Phi) is 6.17. The van der Waals surface area contributed by atoms with Gasteiger partial charge in [-0.2, -0.15) is 0 Å². The molecule has 0 aliphatic carbocycles. The predicted molar refractivity (Wildman–Crippen MR) is 95.9 cm³/mol. The van der Waals surface area contributed by atoms with Gasteiger partial charge >= 0.3 is 5.97 Å². The number of esters is 1. The molecule has 1 amide bonds. The van der Waals surface area contributed by atoms with Crippen LogP contribution in [0.3, 0.4) is 0 Å². The fraction of sp³-hybridized carbons (Fsp3) is 0.263. The summed E-state index contributed by atoms with van der Waals surface area (Å²) in [5.41, 5.74) is 0.979. The van der Waals surface area contributed by atoms with E-state index in [1.807, 2.05) is 25.1 Å². The molecule has 0 heterocycles. The van der Waals surface area contributed by atoms with Gasteiger partial charge in [0.15, 0.2) is 0 Å². The van der Waals surface area contributed by atoms with Gasteiger partial charge in [0.05, 0.1) is 19.2 Å². The summed E-state index contributed by atoms with van der Waals surface area (Å²) in [4.78, 5) is 23.8. The smallest absolute Gasteiger partial charge is 0.337 e. The number of nitrogens with one attached hydrogen (secondary N) is 1. The Hall–Kier alpha value is -2.37. The molecule has 0 aromatic heterocycles. The SMILES string of the molecule is COC(=O)c1ccc(C(=O)NC[C@@](C)(OC)c2cccc(Cl)c2)cc1. The molecule has 1 atom stereocenters. The lowest BCUT2D eigenvalue weighted by atomic mass is 9.95. The molecule has 0 unspecified atom stereocenters. The van der Waals surface area contributed by atoms with E-state index in [9.17, 15) is 9.59 Å². The van der Waals surface area contributed by atoms with E-state index in [1.165, 1.54) is 7.11 Å². The van der Waals surface area contributed by atoms with E-state index >= 15 is 0 Å². The van der Waals surface area contributed by atoms with Gasteiger partial charge in [0.2, 0.25) is 0 Å². The van der Waals surface area contributed by atoms with Gasteiger partial charge in [-0.1, -0.05) is 23.7 Å². The fourth-order valence-corrected chi connectivity index (χ4v) is 2.53. The second kappa shape index (κ2) is 8.14. The highest BCUT2D eigenvalue weighted by atomic mass is 35.5. The van der Waals surface area contributed by atoms with Crippen molar-refractivity contribution in [2.24, 2.45) is 0 Å². The van der Waals surface area contributed by atoms with Crippen molar-refractivity contribution in [3.63, 3.8) is 0 Å². The molecule has 1 N–H and O–H groups in total. The van der Waals surface area contributed by atoms with Crippen molar-refractivity contribution in [2.75, 3.05) is 20.8 Å². The van der Waals surface area contributed by atoms with E-state index in [4.69, 9.17) is 16.3 Å². The molecule has 0 saturated heterocycles. The van der Waals surface area contributed by atoms with Crippen LogP contribution in [0.5, 0.6) is 0 Å². The summed E-state index contributed by atoms with van der Waals surface area (Å²) in [6, 6.07) is 13.6. The molecule has 2 aromatic carbocycles. The number of carbonyl (C=O) groups excluding carboxylic acids is 2. The summed E-state index contributed by atoms with van der Waals surface area (Å²) in [5.74, 6) is -0.707. The zero-order valence-electron chi connectivity index (χ0n) is 14.3. The maximum Gasteiger partial charge on any atom is 0.337 e. The van der Waals surface area contributed by atoms with Gasteiger partial charge < -0.3 is 14.8 Å². The van der Waals surface area contributed by atoms with Crippen LogP contribution in [-0.4, -0.2) is 32.6 Å². The number of methoxy groups -OCH3 is 2. The lowest BCUT2D eigenvalue weighted by Crippen LogP contribution is -2.40. The van der Waals surface area contributed by atoms with E-state index in [2.05, 4.69) is 10.1 Å². The first kappa shape index (κ1) is 19.0. The van der Waals surface area contributed by atoms with Crippen LogP contribution in [0.2, 0.25) is 5.02 Å². The Bertz CT molecular complexity index is 760. The quantitative estimate of drug-likeness (QED) is 0.801. The minimum atomic E-state index is -0.716. The van der Waals surface area contributed by atoms with E-state index in [0.29, 0.717) is 16.1 Å². The van der Waals surface area contributed by atoms with Crippen molar-refractivity contribution in [3.05, 3.63) is 70.2 Å². The molecule has 0 fully saturated rings. The molecule has 2 rings (SSSR count). The second-order valence-electron chi connectivity index (χ2n) is 5.70. The van der Waals surface area contributed by atoms with Gasteiger partial charge in [0, 0.05) is 17.7 Å². The number of rotatable bonds is 6. The van der Waals surface area contributed by atoms with Crippen molar-refractivity contribution in [2.45, 2.75) is 12.5 Å². The molecule has 0 aliphatic heterocycles. The average molecular weight is 362 g/mol. The first-order chi connectivity index (χ1) is 11.9. The monoisotopic (exact) mass is 361 g/mol. The molecule has 0 bridgehead atoms. The third-order valence-corrected chi connectivity index (χ3v) is 4.28. The van der Waals surface area contributed by atoms with Crippen LogP contribution >= 0.6 is 11.6 Å². The summed E-state index contributed by atoms with van der Waals surface area (Å²) >= 11 is 6.04. The van der Waals surface area contributed by atoms with Crippen LogP contribution in [-0.2, 0) is 15.1 Å². The predicted octanol–water partition coefficient (Wildman–Crippen LogP) is 3.42. The Morgan fingerprint density at radius 1 is 1.08 bits per heavy atom. The van der Waals surface area contributed by atoms with Crippen molar-refractivity contribution >= 4 is 23.5 Å². The average Bonchev–Trinajstić information content (AvgIpc) is 2.65. The van der Waals surface area contributed by atoms with Crippen LogP contribution in [0.25, 0.3) is 0 Å². The van der Waals surface area contributed by atoms with Crippen LogP contribution in [0, 0.1) is 0 Å². The highest BCUT2D eigenvalue weighted by molar-refractivity contribution is 6.30. The van der Waals surface area contributed by atoms with Gasteiger partial charge in [-0.3, -0.25) is 4.79 Å². The zero-order valence-corrected chi connectivity index (χ0v) is 15.1. The number of benzene rings is 2. The van der Waals surface area contributed by atoms with Crippen LogP contribution < -0.4 is 5.32 Å². The maximum absolute atomic E-state index is 12.3. The summed E-state index contributed by atoms with van der Waals surface area (Å²) in [6.45, 7) is 2.14. The van der Waals surface area contributed by atoms with Crippen molar-refractivity contribution in [1.82, 2.24) is 5.32 Å². The highest BCUT2D eigenvalue weighted by Gasteiger charge is 2.27. The van der Waals surface area contributed by atoms with E-state index in [0.717, 1.165) is 5.56 Å². The Balaban J connectivity index is 2.08. The standard InChI is InChI=1S/C19H20ClNO4/c1-19(25-3,15-5-4-6-16(20)11-15)12-21-17(22)13-7-9-14(10-8-13)18(23)24-2/h4-11H,12H2,1-3H3,(H,21,22)/t19-/m1/s1. The summed E-state index contributed by atoms with van der Waals surface area (Å²) in [7, 11) is 2.89.